The lowest BCUT2D eigenvalue weighted by Gasteiger charge is -2.40. The van der Waals surface area contributed by atoms with Crippen LogP contribution in [0.3, 0.4) is 0 Å². The monoisotopic (exact) mass is 516 g/mol. The maximum absolute atomic E-state index is 13.9. The van der Waals surface area contributed by atoms with Gasteiger partial charge in [-0.3, -0.25) is 0 Å². The normalized spacial score (nSPS) is 22.0. The highest BCUT2D eigenvalue weighted by Gasteiger charge is 2.50. The standard InChI is InChI=1S/C27H31F3N4O3/c1-16(2)11-19(9-10-35-4)24-14-26(33-25(32)34(3)37-26)22-13-18(6-8-23(22)36-24)20-12-17(15-31)5-7-21(20)27(28,29)30/h5-8,12-13,16,19,24H,9-11,14H2,1-4H3,(H2,32,33). The van der Waals surface area contributed by atoms with Crippen LogP contribution < -0.4 is 10.5 Å². The molecule has 3 atom stereocenters. The fourth-order valence-corrected chi connectivity index (χ4v) is 5.13. The van der Waals surface area contributed by atoms with E-state index in [1.54, 1.807) is 32.4 Å². The van der Waals surface area contributed by atoms with Gasteiger partial charge in [0.1, 0.15) is 11.9 Å². The lowest BCUT2D eigenvalue weighted by atomic mass is 9.81. The fourth-order valence-electron chi connectivity index (χ4n) is 5.13. The zero-order valence-electron chi connectivity index (χ0n) is 21.3. The summed E-state index contributed by atoms with van der Waals surface area (Å²) in [5.41, 5.74) is 4.79. The molecule has 0 saturated heterocycles. The highest BCUT2D eigenvalue weighted by Crippen LogP contribution is 2.50. The molecule has 10 heteroatoms. The summed E-state index contributed by atoms with van der Waals surface area (Å²) >= 11 is 0. The molecule has 0 bridgehead atoms. The predicted octanol–water partition coefficient (Wildman–Crippen LogP) is 5.44. The second kappa shape index (κ2) is 10.2. The Hall–Kier alpha value is -3.29. The maximum atomic E-state index is 13.9. The minimum atomic E-state index is -4.60. The van der Waals surface area contributed by atoms with Crippen molar-refractivity contribution < 1.29 is 27.5 Å². The van der Waals surface area contributed by atoms with Crippen LogP contribution in [-0.2, 0) is 21.5 Å². The highest BCUT2D eigenvalue weighted by molar-refractivity contribution is 5.79. The number of ether oxygens (including phenoxy) is 2. The van der Waals surface area contributed by atoms with Crippen molar-refractivity contribution in [3.63, 3.8) is 0 Å². The third kappa shape index (κ3) is 5.38. The van der Waals surface area contributed by atoms with Crippen LogP contribution >= 0.6 is 0 Å². The summed E-state index contributed by atoms with van der Waals surface area (Å²) in [6.07, 6.45) is -2.88. The third-order valence-electron chi connectivity index (χ3n) is 6.82. The molecule has 7 nitrogen and oxygen atoms in total. The SMILES string of the molecule is COCCC(CC(C)C)C1CC2(N=C(N)N(C)O2)c2cc(-c3cc(C#N)ccc3C(F)(F)F)ccc2O1. The summed E-state index contributed by atoms with van der Waals surface area (Å²) in [6, 6.07) is 10.1. The van der Waals surface area contributed by atoms with E-state index in [1.165, 1.54) is 11.1 Å². The molecular weight excluding hydrogens is 485 g/mol. The van der Waals surface area contributed by atoms with Gasteiger partial charge in [-0.2, -0.15) is 18.4 Å². The molecule has 3 unspecified atom stereocenters. The molecule has 4 rings (SSSR count). The molecule has 0 amide bonds. The Morgan fingerprint density at radius 3 is 2.62 bits per heavy atom. The molecule has 37 heavy (non-hydrogen) atoms. The van der Waals surface area contributed by atoms with Crippen molar-refractivity contribution in [1.82, 2.24) is 5.06 Å². The highest BCUT2D eigenvalue weighted by atomic mass is 19.4. The number of hydrogen-bond acceptors (Lipinski definition) is 7. The van der Waals surface area contributed by atoms with E-state index < -0.39 is 17.5 Å². The number of fused-ring (bicyclic) bond motifs is 2. The molecule has 0 radical (unpaired) electrons. The number of nitrogens with two attached hydrogens (primary N) is 1. The molecular formula is C27H31F3N4O3. The Kier molecular flexibility index (Phi) is 7.40. The van der Waals surface area contributed by atoms with E-state index in [2.05, 4.69) is 18.8 Å². The van der Waals surface area contributed by atoms with Gasteiger partial charge in [0.2, 0.25) is 11.7 Å². The van der Waals surface area contributed by atoms with Crippen LogP contribution in [-0.4, -0.2) is 37.9 Å². The van der Waals surface area contributed by atoms with E-state index in [-0.39, 0.29) is 34.7 Å². The van der Waals surface area contributed by atoms with E-state index in [9.17, 15) is 18.4 Å². The molecule has 2 aromatic carbocycles. The van der Waals surface area contributed by atoms with Crippen molar-refractivity contribution in [2.24, 2.45) is 22.6 Å². The van der Waals surface area contributed by atoms with Crippen LogP contribution in [0.5, 0.6) is 5.75 Å². The second-order valence-electron chi connectivity index (χ2n) is 9.96. The van der Waals surface area contributed by atoms with E-state index in [4.69, 9.17) is 20.0 Å². The smallest absolute Gasteiger partial charge is 0.417 e. The fraction of sp³-hybridized carbons (Fsp3) is 0.481. The molecule has 2 aromatic rings. The topological polar surface area (TPSA) is 93.1 Å². The number of benzene rings is 2. The van der Waals surface area contributed by atoms with Gasteiger partial charge in [-0.05, 0) is 66.1 Å². The Morgan fingerprint density at radius 1 is 1.27 bits per heavy atom. The first-order valence-electron chi connectivity index (χ1n) is 12.2. The number of guanidine groups is 1. The van der Waals surface area contributed by atoms with Gasteiger partial charge in [-0.15, -0.1) is 0 Å². The number of hydrogen-bond donors (Lipinski definition) is 1. The van der Waals surface area contributed by atoms with Gasteiger partial charge in [-0.1, -0.05) is 19.9 Å². The number of rotatable bonds is 7. The molecule has 0 aliphatic carbocycles. The quantitative estimate of drug-likeness (QED) is 0.527. The summed E-state index contributed by atoms with van der Waals surface area (Å²) in [5.74, 6) is 1.19. The van der Waals surface area contributed by atoms with Crippen LogP contribution in [0.1, 0.15) is 49.8 Å². The molecule has 2 heterocycles. The van der Waals surface area contributed by atoms with Crippen molar-refractivity contribution in [3.05, 3.63) is 53.1 Å². The first-order chi connectivity index (χ1) is 17.5. The van der Waals surface area contributed by atoms with Crippen LogP contribution in [0.2, 0.25) is 0 Å². The third-order valence-corrected chi connectivity index (χ3v) is 6.82. The largest absolute Gasteiger partial charge is 0.489 e. The summed E-state index contributed by atoms with van der Waals surface area (Å²) in [7, 11) is 3.29. The minimum absolute atomic E-state index is 0.104. The van der Waals surface area contributed by atoms with E-state index >= 15 is 0 Å². The molecule has 2 aliphatic heterocycles. The van der Waals surface area contributed by atoms with Crippen LogP contribution in [0.15, 0.2) is 41.4 Å². The summed E-state index contributed by atoms with van der Waals surface area (Å²) < 4.78 is 53.4. The Labute approximate surface area is 214 Å². The molecule has 1 spiro atoms. The predicted molar refractivity (Wildman–Crippen MR) is 132 cm³/mol. The lowest BCUT2D eigenvalue weighted by molar-refractivity contribution is -0.195. The first-order valence-corrected chi connectivity index (χ1v) is 12.2. The van der Waals surface area contributed by atoms with Gasteiger partial charge in [0.15, 0.2) is 0 Å². The van der Waals surface area contributed by atoms with Crippen LogP contribution in [0, 0.1) is 23.2 Å². The number of methoxy groups -OCH3 is 1. The summed E-state index contributed by atoms with van der Waals surface area (Å²) in [4.78, 5) is 10.8. The van der Waals surface area contributed by atoms with Crippen molar-refractivity contribution in [2.75, 3.05) is 20.8 Å². The Morgan fingerprint density at radius 2 is 2.03 bits per heavy atom. The zero-order chi connectivity index (χ0) is 27.0. The number of nitriles is 1. The molecule has 0 aromatic heterocycles. The number of aliphatic imine (C=N–C) groups is 1. The number of alkyl halides is 3. The number of hydroxylamine groups is 2. The van der Waals surface area contributed by atoms with Crippen molar-refractivity contribution >= 4 is 5.96 Å². The van der Waals surface area contributed by atoms with Gasteiger partial charge in [0.05, 0.1) is 22.8 Å². The zero-order valence-corrected chi connectivity index (χ0v) is 21.3. The van der Waals surface area contributed by atoms with Gasteiger partial charge in [0, 0.05) is 27.2 Å². The van der Waals surface area contributed by atoms with E-state index in [0.717, 1.165) is 25.0 Å². The van der Waals surface area contributed by atoms with Crippen molar-refractivity contribution in [2.45, 2.75) is 51.1 Å². The number of nitrogens with zero attached hydrogens (tertiary/aromatic N) is 3. The van der Waals surface area contributed by atoms with E-state index in [0.29, 0.717) is 30.3 Å². The average Bonchev–Trinajstić information content (AvgIpc) is 3.13. The van der Waals surface area contributed by atoms with Crippen molar-refractivity contribution in [1.29, 1.82) is 5.26 Å². The molecule has 198 valence electrons. The Balaban J connectivity index is 1.83. The summed E-state index contributed by atoms with van der Waals surface area (Å²) in [6.45, 7) is 4.85. The lowest BCUT2D eigenvalue weighted by Crippen LogP contribution is -2.43. The first kappa shape index (κ1) is 26.8. The van der Waals surface area contributed by atoms with E-state index in [1.807, 2.05) is 6.07 Å². The molecule has 0 fully saturated rings. The minimum Gasteiger partial charge on any atom is -0.489 e. The molecule has 0 saturated carbocycles. The maximum Gasteiger partial charge on any atom is 0.417 e. The van der Waals surface area contributed by atoms with Gasteiger partial charge < -0.3 is 15.2 Å². The van der Waals surface area contributed by atoms with Gasteiger partial charge in [0.25, 0.3) is 0 Å². The average molecular weight is 517 g/mol. The summed E-state index contributed by atoms with van der Waals surface area (Å²) in [5, 5.41) is 10.7. The van der Waals surface area contributed by atoms with Crippen molar-refractivity contribution in [3.8, 4) is 22.9 Å². The van der Waals surface area contributed by atoms with Gasteiger partial charge >= 0.3 is 6.18 Å². The molecule has 2 N–H and O–H groups in total. The Bertz CT molecular complexity index is 1220. The van der Waals surface area contributed by atoms with Crippen LogP contribution in [0.25, 0.3) is 11.1 Å². The van der Waals surface area contributed by atoms with Gasteiger partial charge in [-0.25, -0.2) is 14.9 Å². The van der Waals surface area contributed by atoms with Crippen LogP contribution in [0.4, 0.5) is 13.2 Å². The molecule has 2 aliphatic rings. The second-order valence-corrected chi connectivity index (χ2v) is 9.96. The number of halogens is 3.